The molecule has 0 fully saturated rings. The Bertz CT molecular complexity index is 887. The highest BCUT2D eigenvalue weighted by Crippen LogP contribution is 2.39. The van der Waals surface area contributed by atoms with Gasteiger partial charge in [0.05, 0.1) is 19.2 Å². The van der Waals surface area contributed by atoms with Crippen LogP contribution < -0.4 is 15.8 Å². The molecule has 0 saturated heterocycles. The largest absolute Gasteiger partial charge is 0.497 e. The van der Waals surface area contributed by atoms with E-state index in [9.17, 15) is 0 Å². The number of methoxy groups -OCH3 is 1. The molecular formula is C19H21N5O. The standard InChI is InChI=1S/C19H21N5O/c1-12-5-3-4-6-15(12)17-11-16(13-7-9-14(25-2)10-8-13)21-19-22-18(20)23-24(17)19/h3-10,16-17H,11H2,1-2H3,(H3,20,21,22,23)/t16-,17-/m1/s1. The number of hydrogen-bond acceptors (Lipinski definition) is 5. The Morgan fingerprint density at radius 3 is 2.64 bits per heavy atom. The number of ether oxygens (including phenoxy) is 1. The van der Waals surface area contributed by atoms with Gasteiger partial charge in [-0.2, -0.15) is 4.98 Å². The third-order valence-electron chi connectivity index (χ3n) is 4.77. The number of fused-ring (bicyclic) bond motifs is 1. The fourth-order valence-electron chi connectivity index (χ4n) is 3.47. The van der Waals surface area contributed by atoms with Crippen molar-refractivity contribution >= 4 is 11.9 Å². The Kier molecular flexibility index (Phi) is 3.80. The molecule has 0 radical (unpaired) electrons. The van der Waals surface area contributed by atoms with Crippen LogP contribution in [0.3, 0.4) is 0 Å². The van der Waals surface area contributed by atoms with Gasteiger partial charge < -0.3 is 15.8 Å². The molecule has 3 aromatic rings. The van der Waals surface area contributed by atoms with Gasteiger partial charge in [-0.1, -0.05) is 36.4 Å². The van der Waals surface area contributed by atoms with Gasteiger partial charge in [-0.3, -0.25) is 0 Å². The molecule has 1 aliphatic heterocycles. The van der Waals surface area contributed by atoms with Crippen LogP contribution in [0.5, 0.6) is 5.75 Å². The molecule has 0 bridgehead atoms. The fourth-order valence-corrected chi connectivity index (χ4v) is 3.47. The number of aromatic nitrogens is 3. The van der Waals surface area contributed by atoms with Gasteiger partial charge in [0.25, 0.3) is 0 Å². The molecule has 128 valence electrons. The molecule has 2 atom stereocenters. The lowest BCUT2D eigenvalue weighted by Gasteiger charge is -2.32. The lowest BCUT2D eigenvalue weighted by molar-refractivity contribution is 0.413. The van der Waals surface area contributed by atoms with E-state index in [1.807, 2.05) is 16.8 Å². The second-order valence-electron chi connectivity index (χ2n) is 6.32. The van der Waals surface area contributed by atoms with Crippen molar-refractivity contribution in [1.29, 1.82) is 0 Å². The monoisotopic (exact) mass is 335 g/mol. The van der Waals surface area contributed by atoms with Gasteiger partial charge in [0.2, 0.25) is 11.9 Å². The summed E-state index contributed by atoms with van der Waals surface area (Å²) in [4.78, 5) is 4.36. The summed E-state index contributed by atoms with van der Waals surface area (Å²) in [6.07, 6.45) is 0.868. The maximum atomic E-state index is 5.86. The van der Waals surface area contributed by atoms with Gasteiger partial charge in [-0.05, 0) is 42.2 Å². The first-order valence-corrected chi connectivity index (χ1v) is 8.33. The molecule has 25 heavy (non-hydrogen) atoms. The van der Waals surface area contributed by atoms with E-state index in [4.69, 9.17) is 10.5 Å². The van der Waals surface area contributed by atoms with Crippen molar-refractivity contribution in [3.63, 3.8) is 0 Å². The molecule has 1 aromatic heterocycles. The molecule has 4 rings (SSSR count). The zero-order chi connectivity index (χ0) is 17.4. The molecule has 1 aliphatic rings. The Morgan fingerprint density at radius 1 is 1.16 bits per heavy atom. The minimum absolute atomic E-state index is 0.0920. The second kappa shape index (κ2) is 6.12. The van der Waals surface area contributed by atoms with Crippen LogP contribution in [0.15, 0.2) is 48.5 Å². The third-order valence-corrected chi connectivity index (χ3v) is 4.77. The first-order chi connectivity index (χ1) is 12.2. The zero-order valence-electron chi connectivity index (χ0n) is 14.3. The molecule has 2 heterocycles. The molecule has 6 heteroatoms. The second-order valence-corrected chi connectivity index (χ2v) is 6.32. The first kappa shape index (κ1) is 15.5. The van der Waals surface area contributed by atoms with E-state index in [0.717, 1.165) is 12.2 Å². The summed E-state index contributed by atoms with van der Waals surface area (Å²) in [5.41, 5.74) is 9.53. The number of aryl methyl sites for hydroxylation is 1. The van der Waals surface area contributed by atoms with Gasteiger partial charge in [-0.25, -0.2) is 4.68 Å². The normalized spacial score (nSPS) is 19.1. The van der Waals surface area contributed by atoms with Gasteiger partial charge in [-0.15, -0.1) is 5.10 Å². The van der Waals surface area contributed by atoms with Crippen molar-refractivity contribution < 1.29 is 4.74 Å². The number of benzene rings is 2. The summed E-state index contributed by atoms with van der Waals surface area (Å²) in [6, 6.07) is 16.7. The topological polar surface area (TPSA) is 78.0 Å². The van der Waals surface area contributed by atoms with Gasteiger partial charge in [0.15, 0.2) is 0 Å². The molecule has 0 aliphatic carbocycles. The molecule has 0 spiro atoms. The predicted octanol–water partition coefficient (Wildman–Crippen LogP) is 3.32. The molecule has 2 aromatic carbocycles. The van der Waals surface area contributed by atoms with Crippen molar-refractivity contribution in [3.8, 4) is 5.75 Å². The van der Waals surface area contributed by atoms with Crippen LogP contribution in [0.2, 0.25) is 0 Å². The van der Waals surface area contributed by atoms with Crippen LogP contribution in [0.25, 0.3) is 0 Å². The summed E-state index contributed by atoms with van der Waals surface area (Å²) in [5.74, 6) is 1.84. The summed E-state index contributed by atoms with van der Waals surface area (Å²) < 4.78 is 7.16. The number of anilines is 2. The molecule has 3 N–H and O–H groups in total. The average molecular weight is 335 g/mol. The molecular weight excluding hydrogens is 314 g/mol. The molecule has 0 amide bonds. The van der Waals surface area contributed by atoms with Crippen LogP contribution in [-0.2, 0) is 0 Å². The highest BCUT2D eigenvalue weighted by molar-refractivity contribution is 5.43. The van der Waals surface area contributed by atoms with Crippen LogP contribution in [0, 0.1) is 6.92 Å². The predicted molar refractivity (Wildman–Crippen MR) is 97.7 cm³/mol. The summed E-state index contributed by atoms with van der Waals surface area (Å²) in [7, 11) is 1.67. The van der Waals surface area contributed by atoms with Crippen LogP contribution in [0.1, 0.15) is 35.2 Å². The van der Waals surface area contributed by atoms with Gasteiger partial charge in [0, 0.05) is 0 Å². The molecule has 0 unspecified atom stereocenters. The Hall–Kier alpha value is -3.02. The summed E-state index contributed by atoms with van der Waals surface area (Å²) in [5, 5.41) is 7.87. The highest BCUT2D eigenvalue weighted by atomic mass is 16.5. The van der Waals surface area contributed by atoms with Crippen molar-refractivity contribution in [3.05, 3.63) is 65.2 Å². The van der Waals surface area contributed by atoms with Crippen LogP contribution in [0.4, 0.5) is 11.9 Å². The van der Waals surface area contributed by atoms with E-state index in [1.165, 1.54) is 16.7 Å². The minimum Gasteiger partial charge on any atom is -0.497 e. The Labute approximate surface area is 146 Å². The smallest absolute Gasteiger partial charge is 0.241 e. The SMILES string of the molecule is COc1ccc([C@H]2C[C@H](c3ccccc3C)n3nc(N)nc3N2)cc1. The van der Waals surface area contributed by atoms with Crippen molar-refractivity contribution in [2.45, 2.75) is 25.4 Å². The number of hydrogen-bond donors (Lipinski definition) is 2. The van der Waals surface area contributed by atoms with Gasteiger partial charge >= 0.3 is 0 Å². The van der Waals surface area contributed by atoms with E-state index in [0.29, 0.717) is 5.95 Å². The summed E-state index contributed by atoms with van der Waals surface area (Å²) in [6.45, 7) is 2.12. The Balaban J connectivity index is 1.74. The summed E-state index contributed by atoms with van der Waals surface area (Å²) >= 11 is 0. The zero-order valence-corrected chi connectivity index (χ0v) is 14.3. The van der Waals surface area contributed by atoms with Crippen molar-refractivity contribution in [1.82, 2.24) is 14.8 Å². The van der Waals surface area contributed by atoms with Crippen molar-refractivity contribution in [2.24, 2.45) is 0 Å². The van der Waals surface area contributed by atoms with E-state index in [2.05, 4.69) is 58.7 Å². The van der Waals surface area contributed by atoms with Crippen molar-refractivity contribution in [2.75, 3.05) is 18.2 Å². The van der Waals surface area contributed by atoms with E-state index in [1.54, 1.807) is 7.11 Å². The number of nitrogens with zero attached hydrogens (tertiary/aromatic N) is 3. The average Bonchev–Trinajstić information content (AvgIpc) is 3.01. The maximum absolute atomic E-state index is 5.86. The minimum atomic E-state index is 0.0920. The van der Waals surface area contributed by atoms with Gasteiger partial charge in [0.1, 0.15) is 5.75 Å². The van der Waals surface area contributed by atoms with E-state index < -0.39 is 0 Å². The lowest BCUT2D eigenvalue weighted by atomic mass is 9.91. The van der Waals surface area contributed by atoms with E-state index in [-0.39, 0.29) is 18.0 Å². The Morgan fingerprint density at radius 2 is 1.92 bits per heavy atom. The molecule has 6 nitrogen and oxygen atoms in total. The quantitative estimate of drug-likeness (QED) is 0.768. The molecule has 0 saturated carbocycles. The lowest BCUT2D eigenvalue weighted by Crippen LogP contribution is -2.28. The maximum Gasteiger partial charge on any atom is 0.241 e. The number of nitrogens with two attached hydrogens (primary N) is 1. The number of rotatable bonds is 3. The first-order valence-electron chi connectivity index (χ1n) is 8.33. The fraction of sp³-hybridized carbons (Fsp3) is 0.263. The van der Waals surface area contributed by atoms with Crippen LogP contribution in [-0.4, -0.2) is 21.9 Å². The highest BCUT2D eigenvalue weighted by Gasteiger charge is 2.31. The number of nitrogens with one attached hydrogen (secondary N) is 1. The number of nitrogen functional groups attached to an aromatic ring is 1. The third kappa shape index (κ3) is 2.80. The van der Waals surface area contributed by atoms with Crippen LogP contribution >= 0.6 is 0 Å². The van der Waals surface area contributed by atoms with E-state index >= 15 is 0 Å².